The second-order valence-corrected chi connectivity index (χ2v) is 4.36. The van der Waals surface area contributed by atoms with Crippen LogP contribution < -0.4 is 0 Å². The highest BCUT2D eigenvalue weighted by atomic mass is 79.9. The molecule has 1 rings (SSSR count). The van der Waals surface area contributed by atoms with Crippen LogP contribution in [0.2, 0.25) is 0 Å². The minimum atomic E-state index is -4.21. The first kappa shape index (κ1) is 12.5. The standard InChI is InChI=1S/C9H12BrF3N2/c1-2-3-8-14-4-5-15(8)6-7(10)9(11,12)13/h4-5,7H,2-3,6H2,1H3. The van der Waals surface area contributed by atoms with Crippen LogP contribution in [0.4, 0.5) is 13.2 Å². The molecule has 0 radical (unpaired) electrons. The van der Waals surface area contributed by atoms with Crippen molar-refractivity contribution in [3.8, 4) is 0 Å². The third-order valence-electron chi connectivity index (χ3n) is 1.99. The molecule has 0 spiro atoms. The van der Waals surface area contributed by atoms with Crippen LogP contribution in [0.5, 0.6) is 0 Å². The van der Waals surface area contributed by atoms with Gasteiger partial charge in [0.15, 0.2) is 0 Å². The van der Waals surface area contributed by atoms with Crippen molar-refractivity contribution in [3.63, 3.8) is 0 Å². The molecule has 1 heterocycles. The Kier molecular flexibility index (Phi) is 4.19. The van der Waals surface area contributed by atoms with Crippen LogP contribution in [-0.4, -0.2) is 20.6 Å². The summed E-state index contributed by atoms with van der Waals surface area (Å²) in [5.74, 6) is 0.700. The van der Waals surface area contributed by atoms with Crippen molar-refractivity contribution in [1.29, 1.82) is 0 Å². The van der Waals surface area contributed by atoms with Crippen LogP contribution in [0.25, 0.3) is 0 Å². The molecule has 0 aliphatic rings. The van der Waals surface area contributed by atoms with Gasteiger partial charge in [-0.05, 0) is 6.42 Å². The minimum absolute atomic E-state index is 0.126. The van der Waals surface area contributed by atoms with Crippen molar-refractivity contribution in [1.82, 2.24) is 9.55 Å². The van der Waals surface area contributed by atoms with E-state index in [-0.39, 0.29) is 6.54 Å². The number of nitrogens with zero attached hydrogens (tertiary/aromatic N) is 2. The number of halogens is 4. The maximum Gasteiger partial charge on any atom is 0.402 e. The topological polar surface area (TPSA) is 17.8 Å². The Morgan fingerprint density at radius 3 is 2.73 bits per heavy atom. The van der Waals surface area contributed by atoms with Gasteiger partial charge >= 0.3 is 6.18 Å². The second-order valence-electron chi connectivity index (χ2n) is 3.25. The summed E-state index contributed by atoms with van der Waals surface area (Å²) < 4.78 is 38.4. The number of aromatic nitrogens is 2. The van der Waals surface area contributed by atoms with Gasteiger partial charge < -0.3 is 4.57 Å². The molecule has 1 aromatic rings. The molecule has 0 N–H and O–H groups in total. The van der Waals surface area contributed by atoms with E-state index in [9.17, 15) is 13.2 Å². The van der Waals surface area contributed by atoms with E-state index in [1.807, 2.05) is 6.92 Å². The van der Waals surface area contributed by atoms with E-state index in [0.29, 0.717) is 12.2 Å². The van der Waals surface area contributed by atoms with Crippen LogP contribution >= 0.6 is 15.9 Å². The molecule has 6 heteroatoms. The highest BCUT2D eigenvalue weighted by molar-refractivity contribution is 9.09. The zero-order chi connectivity index (χ0) is 11.5. The van der Waals surface area contributed by atoms with E-state index in [2.05, 4.69) is 20.9 Å². The third kappa shape index (κ3) is 3.52. The first-order valence-electron chi connectivity index (χ1n) is 4.66. The summed E-state index contributed by atoms with van der Waals surface area (Å²) in [5, 5.41) is 0. The summed E-state index contributed by atoms with van der Waals surface area (Å²) in [6.07, 6.45) is 0.459. The lowest BCUT2D eigenvalue weighted by atomic mass is 10.3. The molecule has 0 amide bonds. The molecule has 0 aliphatic carbocycles. The van der Waals surface area contributed by atoms with Crippen LogP contribution in [0.1, 0.15) is 19.2 Å². The quantitative estimate of drug-likeness (QED) is 0.777. The van der Waals surface area contributed by atoms with Crippen LogP contribution in [-0.2, 0) is 13.0 Å². The Morgan fingerprint density at radius 2 is 2.20 bits per heavy atom. The van der Waals surface area contributed by atoms with Crippen LogP contribution in [0.3, 0.4) is 0 Å². The molecule has 1 aromatic heterocycles. The Bertz CT molecular complexity index is 309. The van der Waals surface area contributed by atoms with Crippen LogP contribution in [0.15, 0.2) is 12.4 Å². The van der Waals surface area contributed by atoms with Crippen molar-refractivity contribution in [2.24, 2.45) is 0 Å². The lowest BCUT2D eigenvalue weighted by Gasteiger charge is -2.15. The Morgan fingerprint density at radius 1 is 1.53 bits per heavy atom. The van der Waals surface area contributed by atoms with Gasteiger partial charge in [-0.25, -0.2) is 4.98 Å². The lowest BCUT2D eigenvalue weighted by Crippen LogP contribution is -2.28. The summed E-state index contributed by atoms with van der Waals surface area (Å²) in [5.41, 5.74) is 0. The highest BCUT2D eigenvalue weighted by Gasteiger charge is 2.37. The fourth-order valence-corrected chi connectivity index (χ4v) is 1.55. The monoisotopic (exact) mass is 284 g/mol. The molecular weight excluding hydrogens is 273 g/mol. The molecule has 86 valence electrons. The first-order chi connectivity index (χ1) is 6.95. The van der Waals surface area contributed by atoms with Crippen molar-refractivity contribution < 1.29 is 13.2 Å². The molecule has 0 aliphatic heterocycles. The van der Waals surface area contributed by atoms with E-state index < -0.39 is 11.0 Å². The predicted octanol–water partition coefficient (Wildman–Crippen LogP) is 3.16. The van der Waals surface area contributed by atoms with Gasteiger partial charge in [-0.1, -0.05) is 22.9 Å². The summed E-state index contributed by atoms with van der Waals surface area (Å²) >= 11 is 2.63. The summed E-state index contributed by atoms with van der Waals surface area (Å²) in [6, 6.07) is 0. The molecule has 0 saturated heterocycles. The molecule has 15 heavy (non-hydrogen) atoms. The molecule has 1 unspecified atom stereocenters. The predicted molar refractivity (Wildman–Crippen MR) is 55.0 cm³/mol. The fraction of sp³-hybridized carbons (Fsp3) is 0.667. The number of hydrogen-bond acceptors (Lipinski definition) is 1. The van der Waals surface area contributed by atoms with Gasteiger partial charge in [-0.2, -0.15) is 13.2 Å². The zero-order valence-corrected chi connectivity index (χ0v) is 9.85. The SMILES string of the molecule is CCCc1nccn1CC(Br)C(F)(F)F. The molecule has 0 bridgehead atoms. The summed E-state index contributed by atoms with van der Waals surface area (Å²) in [6.45, 7) is 1.84. The van der Waals surface area contributed by atoms with Gasteiger partial charge in [-0.3, -0.25) is 0 Å². The van der Waals surface area contributed by atoms with Gasteiger partial charge in [-0.15, -0.1) is 0 Å². The number of rotatable bonds is 4. The Labute approximate surface area is 94.6 Å². The number of alkyl halides is 4. The lowest BCUT2D eigenvalue weighted by molar-refractivity contribution is -0.129. The number of aryl methyl sites for hydroxylation is 1. The average Bonchev–Trinajstić information content (AvgIpc) is 2.52. The van der Waals surface area contributed by atoms with Crippen molar-refractivity contribution in [2.75, 3.05) is 0 Å². The molecule has 1 atom stereocenters. The van der Waals surface area contributed by atoms with Gasteiger partial charge in [0, 0.05) is 25.4 Å². The van der Waals surface area contributed by atoms with Crippen molar-refractivity contribution >= 4 is 15.9 Å². The van der Waals surface area contributed by atoms with Crippen LogP contribution in [0, 0.1) is 0 Å². The number of hydrogen-bond donors (Lipinski definition) is 0. The second kappa shape index (κ2) is 5.01. The average molecular weight is 285 g/mol. The molecule has 0 fully saturated rings. The summed E-state index contributed by atoms with van der Waals surface area (Å²) in [4.78, 5) is 2.50. The van der Waals surface area contributed by atoms with E-state index in [0.717, 1.165) is 6.42 Å². The maximum atomic E-state index is 12.3. The van der Waals surface area contributed by atoms with Gasteiger partial charge in [0.05, 0.1) is 0 Å². The minimum Gasteiger partial charge on any atom is -0.333 e. The fourth-order valence-electron chi connectivity index (χ4n) is 1.23. The van der Waals surface area contributed by atoms with Crippen molar-refractivity contribution in [2.45, 2.75) is 37.3 Å². The van der Waals surface area contributed by atoms with Gasteiger partial charge in [0.25, 0.3) is 0 Å². The zero-order valence-electron chi connectivity index (χ0n) is 8.26. The Hall–Kier alpha value is -0.520. The third-order valence-corrected chi connectivity index (χ3v) is 2.80. The molecule has 0 saturated carbocycles. The highest BCUT2D eigenvalue weighted by Crippen LogP contribution is 2.27. The molecule has 0 aromatic carbocycles. The maximum absolute atomic E-state index is 12.3. The first-order valence-corrected chi connectivity index (χ1v) is 5.57. The van der Waals surface area contributed by atoms with Crippen molar-refractivity contribution in [3.05, 3.63) is 18.2 Å². The van der Waals surface area contributed by atoms with E-state index in [4.69, 9.17) is 0 Å². The van der Waals surface area contributed by atoms with E-state index in [1.54, 1.807) is 6.20 Å². The number of imidazole rings is 1. The van der Waals surface area contributed by atoms with Gasteiger partial charge in [0.2, 0.25) is 0 Å². The largest absolute Gasteiger partial charge is 0.402 e. The smallest absolute Gasteiger partial charge is 0.333 e. The summed E-state index contributed by atoms with van der Waals surface area (Å²) in [7, 11) is 0. The van der Waals surface area contributed by atoms with E-state index >= 15 is 0 Å². The van der Waals surface area contributed by atoms with E-state index in [1.165, 1.54) is 10.8 Å². The molecule has 2 nitrogen and oxygen atoms in total. The normalized spacial score (nSPS) is 14.2. The Balaban J connectivity index is 2.68. The van der Waals surface area contributed by atoms with Gasteiger partial charge in [0.1, 0.15) is 10.7 Å². The molecular formula is C9H12BrF3N2.